The van der Waals surface area contributed by atoms with Gasteiger partial charge in [-0.1, -0.05) is 42.5 Å². The van der Waals surface area contributed by atoms with E-state index in [4.69, 9.17) is 0 Å². The van der Waals surface area contributed by atoms with E-state index >= 15 is 0 Å². The lowest BCUT2D eigenvalue weighted by Crippen LogP contribution is -2.24. The lowest BCUT2D eigenvalue weighted by Gasteiger charge is -2.16. The minimum absolute atomic E-state index is 0.0336. The van der Waals surface area contributed by atoms with E-state index in [1.807, 2.05) is 0 Å². The highest BCUT2D eigenvalue weighted by molar-refractivity contribution is 5.99. The molecule has 28 heavy (non-hydrogen) atoms. The average molecular weight is 401 g/mol. The lowest BCUT2D eigenvalue weighted by atomic mass is 9.98. The van der Waals surface area contributed by atoms with E-state index in [1.54, 1.807) is 18.2 Å². The van der Waals surface area contributed by atoms with Gasteiger partial charge in [0.25, 0.3) is 5.91 Å². The van der Waals surface area contributed by atoms with Crippen LogP contribution in [0.4, 0.5) is 26.3 Å². The first-order chi connectivity index (χ1) is 13.1. The fourth-order valence-electron chi connectivity index (χ4n) is 2.61. The number of hydrogen-bond acceptors (Lipinski definition) is 1. The summed E-state index contributed by atoms with van der Waals surface area (Å²) in [4.78, 5) is 12.3. The molecule has 1 amide bonds. The van der Waals surface area contributed by atoms with Gasteiger partial charge < -0.3 is 5.32 Å². The van der Waals surface area contributed by atoms with Crippen LogP contribution in [-0.4, -0.2) is 18.3 Å². The number of allylic oxidation sites excluding steroid dienone is 1. The Morgan fingerprint density at radius 2 is 1.50 bits per heavy atom. The molecule has 0 saturated heterocycles. The fraction of sp³-hybridized carbons (Fsp3) is 0.250. The molecule has 150 valence electrons. The molecule has 2 nitrogen and oxygen atoms in total. The zero-order valence-electron chi connectivity index (χ0n) is 14.6. The lowest BCUT2D eigenvalue weighted by molar-refractivity contribution is -0.135. The Hall–Kier alpha value is -2.77. The van der Waals surface area contributed by atoms with Gasteiger partial charge >= 0.3 is 12.4 Å². The highest BCUT2D eigenvalue weighted by atomic mass is 19.4. The van der Waals surface area contributed by atoms with Crippen LogP contribution in [0.2, 0.25) is 0 Å². The normalized spacial score (nSPS) is 12.7. The summed E-state index contributed by atoms with van der Waals surface area (Å²) in [5.74, 6) is -0.749. The molecular weight excluding hydrogens is 384 g/mol. The predicted molar refractivity (Wildman–Crippen MR) is 93.4 cm³/mol. The number of halogens is 6. The molecule has 0 aliphatic heterocycles. The van der Waals surface area contributed by atoms with Crippen LogP contribution in [0, 0.1) is 0 Å². The van der Waals surface area contributed by atoms with Gasteiger partial charge in [-0.3, -0.25) is 4.79 Å². The van der Waals surface area contributed by atoms with Gasteiger partial charge in [-0.05, 0) is 30.5 Å². The molecule has 0 bridgehead atoms. The molecule has 2 aromatic carbocycles. The van der Waals surface area contributed by atoms with Crippen LogP contribution < -0.4 is 5.32 Å². The standard InChI is InChI=1S/C20H17F6NO/c21-19(22,23)12-6-10-14-7-4-5-11-16(14)17(13-20(24,25)26)27-18(28)15-8-2-1-3-9-15/h1-5,7-9,11,13H,6,10,12H2,(H,27,28)/b17-13+. The monoisotopic (exact) mass is 401 g/mol. The number of aryl methyl sites for hydroxylation is 1. The van der Waals surface area contributed by atoms with Gasteiger partial charge in [-0.2, -0.15) is 26.3 Å². The Labute approximate surface area is 157 Å². The quantitative estimate of drug-likeness (QED) is 0.600. The van der Waals surface area contributed by atoms with Gasteiger partial charge in [0.1, 0.15) is 0 Å². The van der Waals surface area contributed by atoms with E-state index in [9.17, 15) is 31.1 Å². The van der Waals surface area contributed by atoms with Gasteiger partial charge in [-0.25, -0.2) is 0 Å². The Morgan fingerprint density at radius 3 is 2.11 bits per heavy atom. The number of amides is 1. The molecule has 8 heteroatoms. The Kier molecular flexibility index (Phi) is 6.88. The second kappa shape index (κ2) is 8.95. The summed E-state index contributed by atoms with van der Waals surface area (Å²) in [6, 6.07) is 13.4. The molecule has 0 spiro atoms. The molecule has 0 heterocycles. The third kappa shape index (κ3) is 7.09. The molecule has 2 aromatic rings. The SMILES string of the molecule is O=C(N/C(=C/C(F)(F)F)c1ccccc1CCCC(F)(F)F)c1ccccc1. The number of alkyl halides is 6. The van der Waals surface area contributed by atoms with Crippen molar-refractivity contribution in [2.45, 2.75) is 31.6 Å². The van der Waals surface area contributed by atoms with Gasteiger partial charge in [0.05, 0.1) is 5.70 Å². The van der Waals surface area contributed by atoms with E-state index in [0.29, 0.717) is 0 Å². The van der Waals surface area contributed by atoms with Crippen molar-refractivity contribution >= 4 is 11.6 Å². The number of nitrogens with one attached hydrogen (secondary N) is 1. The molecule has 2 rings (SSSR count). The maximum absolute atomic E-state index is 13.0. The highest BCUT2D eigenvalue weighted by Crippen LogP contribution is 2.28. The van der Waals surface area contributed by atoms with Crippen LogP contribution in [0.25, 0.3) is 5.70 Å². The van der Waals surface area contributed by atoms with Crippen LogP contribution in [-0.2, 0) is 6.42 Å². The van der Waals surface area contributed by atoms with Crippen molar-refractivity contribution in [3.8, 4) is 0 Å². The number of hydrogen-bond donors (Lipinski definition) is 1. The smallest absolute Gasteiger partial charge is 0.321 e. The number of carbonyl (C=O) groups is 1. The van der Waals surface area contributed by atoms with Crippen molar-refractivity contribution in [1.82, 2.24) is 5.32 Å². The van der Waals surface area contributed by atoms with Gasteiger partial charge in [0.2, 0.25) is 0 Å². The summed E-state index contributed by atoms with van der Waals surface area (Å²) in [5.41, 5.74) is -0.0315. The maximum atomic E-state index is 13.0. The van der Waals surface area contributed by atoms with Gasteiger partial charge in [-0.15, -0.1) is 0 Å². The molecule has 0 aliphatic carbocycles. The Bertz CT molecular complexity index is 825. The van der Waals surface area contributed by atoms with Crippen molar-refractivity contribution in [2.24, 2.45) is 0 Å². The summed E-state index contributed by atoms with van der Waals surface area (Å²) < 4.78 is 76.2. The van der Waals surface area contributed by atoms with Crippen LogP contribution in [0.15, 0.2) is 60.7 Å². The zero-order valence-corrected chi connectivity index (χ0v) is 14.6. The van der Waals surface area contributed by atoms with Crippen LogP contribution in [0.5, 0.6) is 0 Å². The third-order valence-corrected chi connectivity index (χ3v) is 3.81. The Balaban J connectivity index is 2.32. The summed E-state index contributed by atoms with van der Waals surface area (Å²) >= 11 is 0. The number of rotatable bonds is 6. The van der Waals surface area contributed by atoms with Crippen LogP contribution >= 0.6 is 0 Å². The van der Waals surface area contributed by atoms with Crippen LogP contribution in [0.1, 0.15) is 34.3 Å². The van der Waals surface area contributed by atoms with Crippen molar-refractivity contribution in [3.05, 3.63) is 77.4 Å². The summed E-state index contributed by atoms with van der Waals surface area (Å²) in [7, 11) is 0. The number of carbonyl (C=O) groups excluding carboxylic acids is 1. The molecule has 0 aliphatic rings. The summed E-state index contributed by atoms with van der Waals surface area (Å²) in [5, 5.41) is 2.23. The van der Waals surface area contributed by atoms with Crippen LogP contribution in [0.3, 0.4) is 0 Å². The Morgan fingerprint density at radius 1 is 0.893 bits per heavy atom. The minimum atomic E-state index is -4.72. The topological polar surface area (TPSA) is 29.1 Å². The van der Waals surface area contributed by atoms with E-state index in [-0.39, 0.29) is 35.6 Å². The largest absolute Gasteiger partial charge is 0.411 e. The van der Waals surface area contributed by atoms with Crippen molar-refractivity contribution in [1.29, 1.82) is 0 Å². The molecular formula is C20H17F6NO. The second-order valence-corrected chi connectivity index (χ2v) is 6.05. The molecule has 0 radical (unpaired) electrons. The zero-order chi connectivity index (χ0) is 20.8. The first-order valence-corrected chi connectivity index (χ1v) is 8.36. The van der Waals surface area contributed by atoms with Crippen molar-refractivity contribution < 1.29 is 31.1 Å². The van der Waals surface area contributed by atoms with E-state index in [0.717, 1.165) is 0 Å². The second-order valence-electron chi connectivity index (χ2n) is 6.05. The van der Waals surface area contributed by atoms with E-state index in [1.165, 1.54) is 36.4 Å². The first kappa shape index (κ1) is 21.5. The molecule has 0 unspecified atom stereocenters. The minimum Gasteiger partial charge on any atom is -0.321 e. The highest BCUT2D eigenvalue weighted by Gasteiger charge is 2.28. The first-order valence-electron chi connectivity index (χ1n) is 8.36. The summed E-state index contributed by atoms with van der Waals surface area (Å²) in [6.07, 6.45) is -10.5. The van der Waals surface area contributed by atoms with Crippen molar-refractivity contribution in [2.75, 3.05) is 0 Å². The maximum Gasteiger partial charge on any atom is 0.411 e. The van der Waals surface area contributed by atoms with Gasteiger partial charge in [0, 0.05) is 23.6 Å². The molecule has 0 fully saturated rings. The van der Waals surface area contributed by atoms with E-state index < -0.39 is 30.4 Å². The summed E-state index contributed by atoms with van der Waals surface area (Å²) in [6.45, 7) is 0. The van der Waals surface area contributed by atoms with Crippen molar-refractivity contribution in [3.63, 3.8) is 0 Å². The predicted octanol–water partition coefficient (Wildman–Crippen LogP) is 5.90. The molecule has 0 aromatic heterocycles. The van der Waals surface area contributed by atoms with E-state index in [2.05, 4.69) is 5.32 Å². The average Bonchev–Trinajstić information content (AvgIpc) is 2.60. The third-order valence-electron chi connectivity index (χ3n) is 3.81. The number of benzene rings is 2. The molecule has 0 atom stereocenters. The molecule has 1 N–H and O–H groups in total. The molecule has 0 saturated carbocycles. The fourth-order valence-corrected chi connectivity index (χ4v) is 2.61. The van der Waals surface area contributed by atoms with Gasteiger partial charge in [0.15, 0.2) is 0 Å².